The number of benzene rings is 1. The lowest BCUT2D eigenvalue weighted by Crippen LogP contribution is -2.04. The second-order valence-electron chi connectivity index (χ2n) is 4.36. The third-order valence-electron chi connectivity index (χ3n) is 2.99. The monoisotopic (exact) mass is 271 g/mol. The van der Waals surface area contributed by atoms with Crippen molar-refractivity contribution in [2.75, 3.05) is 13.3 Å². The standard InChI is InChI=1S/C14H13N3O3/c1-17-5-4-16-14(17)8-15-7-11(18)10-2-3-12-13(6-10)20-9-19-12/h2-6,8H,7,9H2,1H3. The summed E-state index contributed by atoms with van der Waals surface area (Å²) in [6.45, 7) is 0.275. The molecule has 0 unspecified atom stereocenters. The number of aliphatic imine (C=N–C) groups is 1. The summed E-state index contributed by atoms with van der Waals surface area (Å²) in [5, 5.41) is 0. The molecule has 0 aliphatic carbocycles. The topological polar surface area (TPSA) is 65.7 Å². The van der Waals surface area contributed by atoms with Crippen molar-refractivity contribution in [3.05, 3.63) is 42.0 Å². The van der Waals surface area contributed by atoms with E-state index in [0.717, 1.165) is 0 Å². The molecule has 1 aliphatic heterocycles. The first-order chi connectivity index (χ1) is 9.74. The van der Waals surface area contributed by atoms with E-state index in [9.17, 15) is 4.79 Å². The number of ether oxygens (including phenoxy) is 2. The highest BCUT2D eigenvalue weighted by Gasteiger charge is 2.15. The lowest BCUT2D eigenvalue weighted by molar-refractivity contribution is 0.100. The van der Waals surface area contributed by atoms with Gasteiger partial charge in [0.25, 0.3) is 0 Å². The van der Waals surface area contributed by atoms with Gasteiger partial charge in [0, 0.05) is 25.0 Å². The number of Topliss-reactive ketones (excluding diaryl/α,β-unsaturated/α-hetero) is 1. The van der Waals surface area contributed by atoms with E-state index in [2.05, 4.69) is 9.98 Å². The SMILES string of the molecule is Cn1ccnc1C=NCC(=O)c1ccc2c(c1)OCO2. The first-order valence-electron chi connectivity index (χ1n) is 6.14. The Balaban J connectivity index is 1.68. The Morgan fingerprint density at radius 3 is 3.10 bits per heavy atom. The van der Waals surface area contributed by atoms with Crippen LogP contribution in [0.3, 0.4) is 0 Å². The molecule has 0 saturated heterocycles. The van der Waals surface area contributed by atoms with E-state index < -0.39 is 0 Å². The molecule has 1 aromatic carbocycles. The highest BCUT2D eigenvalue weighted by molar-refractivity contribution is 5.99. The molecular weight excluding hydrogens is 258 g/mol. The highest BCUT2D eigenvalue weighted by atomic mass is 16.7. The van der Waals surface area contributed by atoms with Gasteiger partial charge in [-0.05, 0) is 18.2 Å². The molecular formula is C14H13N3O3. The van der Waals surface area contributed by atoms with Crippen molar-refractivity contribution in [1.29, 1.82) is 0 Å². The van der Waals surface area contributed by atoms with E-state index in [1.165, 1.54) is 0 Å². The fourth-order valence-electron chi connectivity index (χ4n) is 1.87. The minimum Gasteiger partial charge on any atom is -0.454 e. The molecule has 2 aromatic rings. The number of fused-ring (bicyclic) bond motifs is 1. The molecule has 102 valence electrons. The van der Waals surface area contributed by atoms with Crippen LogP contribution in [0.2, 0.25) is 0 Å². The smallest absolute Gasteiger partial charge is 0.231 e. The Bertz CT molecular complexity index is 676. The number of hydrogen-bond acceptors (Lipinski definition) is 5. The van der Waals surface area contributed by atoms with Crippen LogP contribution in [0.5, 0.6) is 11.5 Å². The molecule has 1 aliphatic rings. The maximum atomic E-state index is 12.0. The molecule has 0 N–H and O–H groups in total. The van der Waals surface area contributed by atoms with E-state index >= 15 is 0 Å². The fraction of sp³-hybridized carbons (Fsp3) is 0.214. The number of nitrogens with zero attached hydrogens (tertiary/aromatic N) is 3. The maximum Gasteiger partial charge on any atom is 0.231 e. The van der Waals surface area contributed by atoms with Gasteiger partial charge in [0.1, 0.15) is 12.4 Å². The molecule has 0 amide bonds. The van der Waals surface area contributed by atoms with Gasteiger partial charge < -0.3 is 14.0 Å². The Morgan fingerprint density at radius 2 is 2.30 bits per heavy atom. The summed E-state index contributed by atoms with van der Waals surface area (Å²) in [5.74, 6) is 1.90. The van der Waals surface area contributed by atoms with Gasteiger partial charge in [-0.2, -0.15) is 0 Å². The lowest BCUT2D eigenvalue weighted by atomic mass is 10.1. The summed E-state index contributed by atoms with van der Waals surface area (Å²) in [4.78, 5) is 20.2. The van der Waals surface area contributed by atoms with Crippen LogP contribution in [0, 0.1) is 0 Å². The number of rotatable bonds is 4. The first-order valence-corrected chi connectivity index (χ1v) is 6.14. The van der Waals surface area contributed by atoms with Crippen molar-refractivity contribution in [2.45, 2.75) is 0 Å². The molecule has 0 spiro atoms. The van der Waals surface area contributed by atoms with Crippen LogP contribution in [-0.2, 0) is 7.05 Å². The Kier molecular flexibility index (Phi) is 3.20. The summed E-state index contributed by atoms with van der Waals surface area (Å²) in [6, 6.07) is 5.13. The van der Waals surface area contributed by atoms with Crippen LogP contribution in [0.25, 0.3) is 0 Å². The van der Waals surface area contributed by atoms with E-state index in [1.54, 1.807) is 30.6 Å². The Hall–Kier alpha value is -2.63. The lowest BCUT2D eigenvalue weighted by Gasteiger charge is -2.00. The van der Waals surface area contributed by atoms with Crippen molar-refractivity contribution >= 4 is 12.0 Å². The quantitative estimate of drug-likeness (QED) is 0.623. The second-order valence-corrected chi connectivity index (χ2v) is 4.36. The predicted molar refractivity (Wildman–Crippen MR) is 72.6 cm³/mol. The number of carbonyl (C=O) groups excluding carboxylic acids is 1. The molecule has 0 atom stereocenters. The van der Waals surface area contributed by atoms with Crippen molar-refractivity contribution < 1.29 is 14.3 Å². The predicted octanol–water partition coefficient (Wildman–Crippen LogP) is 1.45. The van der Waals surface area contributed by atoms with Crippen molar-refractivity contribution in [2.24, 2.45) is 12.0 Å². The Labute approximate surface area is 115 Å². The van der Waals surface area contributed by atoms with Gasteiger partial charge >= 0.3 is 0 Å². The van der Waals surface area contributed by atoms with Gasteiger partial charge in [-0.25, -0.2) is 4.98 Å². The summed E-state index contributed by atoms with van der Waals surface area (Å²) in [5.41, 5.74) is 0.561. The summed E-state index contributed by atoms with van der Waals surface area (Å²) >= 11 is 0. The highest BCUT2D eigenvalue weighted by Crippen LogP contribution is 2.32. The third kappa shape index (κ3) is 2.40. The molecule has 0 bridgehead atoms. The van der Waals surface area contributed by atoms with Crippen LogP contribution < -0.4 is 9.47 Å². The molecule has 3 rings (SSSR count). The first kappa shape index (κ1) is 12.4. The van der Waals surface area contributed by atoms with Crippen molar-refractivity contribution in [3.63, 3.8) is 0 Å². The van der Waals surface area contributed by atoms with E-state index in [1.807, 2.05) is 17.8 Å². The number of aromatic nitrogens is 2. The number of ketones is 1. The van der Waals surface area contributed by atoms with E-state index in [-0.39, 0.29) is 19.1 Å². The van der Waals surface area contributed by atoms with Gasteiger partial charge in [-0.3, -0.25) is 9.79 Å². The molecule has 0 fully saturated rings. The van der Waals surface area contributed by atoms with E-state index in [4.69, 9.17) is 9.47 Å². The van der Waals surface area contributed by atoms with E-state index in [0.29, 0.717) is 22.9 Å². The average molecular weight is 271 g/mol. The molecule has 0 radical (unpaired) electrons. The fourth-order valence-corrected chi connectivity index (χ4v) is 1.87. The number of aryl methyl sites for hydroxylation is 1. The minimum atomic E-state index is -0.0752. The summed E-state index contributed by atoms with van der Waals surface area (Å²) < 4.78 is 12.3. The Morgan fingerprint density at radius 1 is 1.45 bits per heavy atom. The average Bonchev–Trinajstić information content (AvgIpc) is 3.07. The van der Waals surface area contributed by atoms with Gasteiger partial charge in [0.05, 0.1) is 6.21 Å². The van der Waals surface area contributed by atoms with Crippen LogP contribution in [-0.4, -0.2) is 34.9 Å². The van der Waals surface area contributed by atoms with Gasteiger partial charge in [-0.15, -0.1) is 0 Å². The molecule has 1 aromatic heterocycles. The zero-order valence-corrected chi connectivity index (χ0v) is 10.9. The molecule has 6 heteroatoms. The molecule has 0 saturated carbocycles. The number of carbonyl (C=O) groups is 1. The second kappa shape index (κ2) is 5.16. The van der Waals surface area contributed by atoms with Crippen LogP contribution in [0.15, 0.2) is 35.6 Å². The van der Waals surface area contributed by atoms with Gasteiger partial charge in [0.15, 0.2) is 17.3 Å². The largest absolute Gasteiger partial charge is 0.454 e. The maximum absolute atomic E-state index is 12.0. The van der Waals surface area contributed by atoms with Gasteiger partial charge in [-0.1, -0.05) is 0 Å². The molecule has 6 nitrogen and oxygen atoms in total. The number of imidazole rings is 1. The minimum absolute atomic E-state index is 0.0752. The number of hydrogen-bond donors (Lipinski definition) is 0. The van der Waals surface area contributed by atoms with Gasteiger partial charge in [0.2, 0.25) is 6.79 Å². The normalized spacial score (nSPS) is 13.1. The molecule has 20 heavy (non-hydrogen) atoms. The van der Waals surface area contributed by atoms with Crippen LogP contribution in [0.4, 0.5) is 0 Å². The summed E-state index contributed by atoms with van der Waals surface area (Å²) in [7, 11) is 1.87. The molecule has 2 heterocycles. The van der Waals surface area contributed by atoms with Crippen LogP contribution in [0.1, 0.15) is 16.2 Å². The summed E-state index contributed by atoms with van der Waals surface area (Å²) in [6.07, 6.45) is 5.09. The zero-order valence-electron chi connectivity index (χ0n) is 10.9. The van der Waals surface area contributed by atoms with Crippen LogP contribution >= 0.6 is 0 Å². The van der Waals surface area contributed by atoms with Crippen molar-refractivity contribution in [1.82, 2.24) is 9.55 Å². The van der Waals surface area contributed by atoms with Crippen molar-refractivity contribution in [3.8, 4) is 11.5 Å². The zero-order chi connectivity index (χ0) is 13.9. The third-order valence-corrected chi connectivity index (χ3v) is 2.99.